The van der Waals surface area contributed by atoms with Crippen molar-refractivity contribution >= 4 is 44.9 Å². The fourth-order valence-electron chi connectivity index (χ4n) is 3.93. The number of fused-ring (bicyclic) bond motifs is 1. The Bertz CT molecular complexity index is 1410. The van der Waals surface area contributed by atoms with Gasteiger partial charge in [-0.1, -0.05) is 88.7 Å². The number of amides is 2. The minimum absolute atomic E-state index is 0.0113. The van der Waals surface area contributed by atoms with Gasteiger partial charge in [0.15, 0.2) is 0 Å². The fourth-order valence-corrected chi connectivity index (χ4v) is 4.19. The topological polar surface area (TPSA) is 89.0 Å². The first-order valence-electron chi connectivity index (χ1n) is 12.2. The van der Waals surface area contributed by atoms with Gasteiger partial charge in [0.2, 0.25) is 5.91 Å². The summed E-state index contributed by atoms with van der Waals surface area (Å²) < 4.78 is 12.1. The minimum atomic E-state index is -0.582. The van der Waals surface area contributed by atoms with Gasteiger partial charge in [-0.15, -0.1) is 0 Å². The Hall–Kier alpha value is -4.17. The molecule has 4 aromatic rings. The van der Waals surface area contributed by atoms with Gasteiger partial charge in [-0.25, -0.2) is 10.2 Å². The molecule has 4 rings (SSSR count). The van der Waals surface area contributed by atoms with Crippen molar-refractivity contribution in [2.45, 2.75) is 26.0 Å². The average molecular weight is 574 g/mol. The highest BCUT2D eigenvalue weighted by Gasteiger charge is 2.19. The van der Waals surface area contributed by atoms with Crippen LogP contribution in [0.1, 0.15) is 36.1 Å². The molecule has 194 valence electrons. The normalized spacial score (nSPS) is 11.7. The number of hydrogen-bond acceptors (Lipinski definition) is 5. The number of ether oxygens (including phenoxy) is 2. The molecule has 0 unspecified atom stereocenters. The molecule has 2 N–H and O–H groups in total. The van der Waals surface area contributed by atoms with Crippen molar-refractivity contribution in [2.75, 3.05) is 6.61 Å². The summed E-state index contributed by atoms with van der Waals surface area (Å²) in [5.74, 6) is 0.292. The van der Waals surface area contributed by atoms with Crippen LogP contribution in [0.15, 0.2) is 101 Å². The maximum atomic E-state index is 12.8. The highest BCUT2D eigenvalue weighted by Crippen LogP contribution is 2.27. The van der Waals surface area contributed by atoms with Crippen LogP contribution in [0.3, 0.4) is 0 Å². The molecule has 7 nitrogen and oxygen atoms in total. The van der Waals surface area contributed by atoms with Crippen molar-refractivity contribution < 1.29 is 19.1 Å². The van der Waals surface area contributed by atoms with Crippen LogP contribution >= 0.6 is 15.9 Å². The van der Waals surface area contributed by atoms with E-state index in [-0.39, 0.29) is 18.9 Å². The molecule has 0 bridgehead atoms. The Balaban J connectivity index is 1.49. The van der Waals surface area contributed by atoms with Crippen LogP contribution in [-0.4, -0.2) is 24.8 Å². The van der Waals surface area contributed by atoms with Crippen molar-refractivity contribution in [3.05, 3.63) is 112 Å². The molecule has 1 atom stereocenters. The molecule has 0 aliphatic heterocycles. The first-order valence-corrected chi connectivity index (χ1v) is 13.0. The Labute approximate surface area is 230 Å². The van der Waals surface area contributed by atoms with Gasteiger partial charge < -0.3 is 14.8 Å². The number of alkyl carbamates (subject to hydrolysis) is 1. The third-order valence-electron chi connectivity index (χ3n) is 5.78. The lowest BCUT2D eigenvalue weighted by atomic mass is 10.0. The van der Waals surface area contributed by atoms with E-state index >= 15 is 0 Å². The summed E-state index contributed by atoms with van der Waals surface area (Å²) in [7, 11) is 0. The van der Waals surface area contributed by atoms with Crippen molar-refractivity contribution in [1.82, 2.24) is 10.7 Å². The lowest BCUT2D eigenvalue weighted by Crippen LogP contribution is -2.33. The molecule has 0 spiro atoms. The number of carbonyl (C=O) groups excluding carboxylic acids is 2. The van der Waals surface area contributed by atoms with Gasteiger partial charge >= 0.3 is 6.09 Å². The number of carbonyl (C=O) groups is 2. The maximum Gasteiger partial charge on any atom is 0.407 e. The van der Waals surface area contributed by atoms with Gasteiger partial charge in [-0.05, 0) is 47.0 Å². The SMILES string of the molecule is CCOC(=O)N[C@H](CC(=O)N/N=C\c1c(OCc2ccc(Br)cc2)ccc2ccccc12)c1ccccc1. The Morgan fingerprint density at radius 2 is 1.68 bits per heavy atom. The van der Waals surface area contributed by atoms with E-state index in [2.05, 4.69) is 31.8 Å². The van der Waals surface area contributed by atoms with Gasteiger partial charge in [0, 0.05) is 10.0 Å². The number of rotatable bonds is 10. The first-order chi connectivity index (χ1) is 18.5. The minimum Gasteiger partial charge on any atom is -0.488 e. The van der Waals surface area contributed by atoms with Gasteiger partial charge in [0.05, 0.1) is 25.3 Å². The quantitative estimate of drug-likeness (QED) is 0.167. The molecule has 0 aliphatic carbocycles. The molecule has 0 saturated carbocycles. The molecule has 4 aromatic carbocycles. The second kappa shape index (κ2) is 13.4. The Morgan fingerprint density at radius 1 is 0.947 bits per heavy atom. The molecule has 0 fully saturated rings. The van der Waals surface area contributed by atoms with Crippen molar-refractivity contribution in [3.8, 4) is 5.75 Å². The number of halogens is 1. The zero-order valence-electron chi connectivity index (χ0n) is 20.9. The molecule has 0 heterocycles. The molecule has 0 aliphatic rings. The van der Waals surface area contributed by atoms with Crippen LogP contribution in [0.5, 0.6) is 5.75 Å². The summed E-state index contributed by atoms with van der Waals surface area (Å²) in [5, 5.41) is 8.95. The van der Waals surface area contributed by atoms with E-state index in [9.17, 15) is 9.59 Å². The van der Waals surface area contributed by atoms with E-state index in [0.29, 0.717) is 12.4 Å². The van der Waals surface area contributed by atoms with E-state index < -0.39 is 12.1 Å². The summed E-state index contributed by atoms with van der Waals surface area (Å²) >= 11 is 3.45. The summed E-state index contributed by atoms with van der Waals surface area (Å²) in [4.78, 5) is 24.8. The van der Waals surface area contributed by atoms with Crippen LogP contribution in [0, 0.1) is 0 Å². The monoisotopic (exact) mass is 573 g/mol. The van der Waals surface area contributed by atoms with E-state index in [0.717, 1.165) is 31.9 Å². The largest absolute Gasteiger partial charge is 0.488 e. The Morgan fingerprint density at radius 3 is 2.45 bits per heavy atom. The molecule has 0 radical (unpaired) electrons. The van der Waals surface area contributed by atoms with Gasteiger partial charge in [-0.3, -0.25) is 4.79 Å². The standard InChI is InChI=1S/C30H28BrN3O4/c1-2-37-30(36)33-27(23-9-4-3-5-10-23)18-29(35)34-32-19-26-25-11-7-6-8-22(25)14-17-28(26)38-20-21-12-15-24(31)16-13-21/h3-17,19,27H,2,18,20H2,1H3,(H,33,36)(H,34,35)/b32-19-/t27-/m1/s1. The van der Waals surface area contributed by atoms with Crippen LogP contribution in [0.2, 0.25) is 0 Å². The molecule has 0 saturated heterocycles. The molecule has 0 aromatic heterocycles. The van der Waals surface area contributed by atoms with Crippen LogP contribution in [-0.2, 0) is 16.1 Å². The highest BCUT2D eigenvalue weighted by molar-refractivity contribution is 9.10. The average Bonchev–Trinajstić information content (AvgIpc) is 2.93. The van der Waals surface area contributed by atoms with Gasteiger partial charge in [0.25, 0.3) is 0 Å². The molecular weight excluding hydrogens is 546 g/mol. The third-order valence-corrected chi connectivity index (χ3v) is 6.31. The van der Waals surface area contributed by atoms with Crippen molar-refractivity contribution in [3.63, 3.8) is 0 Å². The predicted octanol–water partition coefficient (Wildman–Crippen LogP) is 6.51. The number of hydrogen-bond donors (Lipinski definition) is 2. The summed E-state index contributed by atoms with van der Waals surface area (Å²) in [6, 6.07) is 28.4. The zero-order chi connectivity index (χ0) is 26.7. The summed E-state index contributed by atoms with van der Waals surface area (Å²) in [6.45, 7) is 2.35. The second-order valence-electron chi connectivity index (χ2n) is 8.44. The molecule has 2 amide bonds. The third kappa shape index (κ3) is 7.43. The van der Waals surface area contributed by atoms with Crippen LogP contribution in [0.25, 0.3) is 10.8 Å². The highest BCUT2D eigenvalue weighted by atomic mass is 79.9. The van der Waals surface area contributed by atoms with Crippen molar-refractivity contribution in [2.24, 2.45) is 5.10 Å². The van der Waals surface area contributed by atoms with Gasteiger partial charge in [-0.2, -0.15) is 5.10 Å². The second-order valence-corrected chi connectivity index (χ2v) is 9.35. The zero-order valence-corrected chi connectivity index (χ0v) is 22.5. The number of benzene rings is 4. The van der Waals surface area contributed by atoms with Crippen LogP contribution in [0.4, 0.5) is 4.79 Å². The van der Waals surface area contributed by atoms with E-state index in [1.807, 2.05) is 91.0 Å². The predicted molar refractivity (Wildman–Crippen MR) is 152 cm³/mol. The lowest BCUT2D eigenvalue weighted by Gasteiger charge is -2.18. The smallest absolute Gasteiger partial charge is 0.407 e. The lowest BCUT2D eigenvalue weighted by molar-refractivity contribution is -0.121. The Kier molecular flexibility index (Phi) is 9.48. The number of nitrogens with zero attached hydrogens (tertiary/aromatic N) is 1. The molecular formula is C30H28BrN3O4. The van der Waals surface area contributed by atoms with Gasteiger partial charge in [0.1, 0.15) is 12.4 Å². The molecule has 38 heavy (non-hydrogen) atoms. The van der Waals surface area contributed by atoms with E-state index in [1.54, 1.807) is 13.1 Å². The van der Waals surface area contributed by atoms with Crippen molar-refractivity contribution in [1.29, 1.82) is 0 Å². The maximum absolute atomic E-state index is 12.8. The summed E-state index contributed by atoms with van der Waals surface area (Å²) in [6.07, 6.45) is 0.997. The summed E-state index contributed by atoms with van der Waals surface area (Å²) in [5.41, 5.74) is 5.16. The number of hydrazone groups is 1. The number of nitrogens with one attached hydrogen (secondary N) is 2. The van der Waals surface area contributed by atoms with E-state index in [4.69, 9.17) is 9.47 Å². The fraction of sp³-hybridized carbons (Fsp3) is 0.167. The van der Waals surface area contributed by atoms with E-state index in [1.165, 1.54) is 0 Å². The van der Waals surface area contributed by atoms with Crippen LogP contribution < -0.4 is 15.5 Å². The molecule has 8 heteroatoms. The first kappa shape index (κ1) is 26.9.